The van der Waals surface area contributed by atoms with Gasteiger partial charge in [-0.2, -0.15) is 0 Å². The molecule has 1 aromatic carbocycles. The lowest BCUT2D eigenvalue weighted by Crippen LogP contribution is -2.44. The third-order valence-electron chi connectivity index (χ3n) is 5.85. The Kier molecular flexibility index (Phi) is 4.75. The van der Waals surface area contributed by atoms with Crippen LogP contribution < -0.4 is 0 Å². The molecule has 2 aliphatic heterocycles. The minimum absolute atomic E-state index is 0.231. The predicted molar refractivity (Wildman–Crippen MR) is 99.1 cm³/mol. The van der Waals surface area contributed by atoms with E-state index in [0.29, 0.717) is 5.91 Å². The number of nitrogens with zero attached hydrogens (tertiary/aromatic N) is 4. The van der Waals surface area contributed by atoms with Gasteiger partial charge in [0.2, 0.25) is 5.91 Å². The number of para-hydroxylation sites is 2. The molecule has 134 valence electrons. The number of imidazole rings is 1. The van der Waals surface area contributed by atoms with Gasteiger partial charge in [0, 0.05) is 26.1 Å². The summed E-state index contributed by atoms with van der Waals surface area (Å²) in [5.41, 5.74) is 2.25. The number of benzene rings is 1. The van der Waals surface area contributed by atoms with Crippen molar-refractivity contribution >= 4 is 16.9 Å². The van der Waals surface area contributed by atoms with Crippen molar-refractivity contribution in [1.29, 1.82) is 0 Å². The fraction of sp³-hybridized carbons (Fsp3) is 0.600. The summed E-state index contributed by atoms with van der Waals surface area (Å²) in [6.07, 6.45) is 5.60. The van der Waals surface area contributed by atoms with E-state index in [-0.39, 0.29) is 5.92 Å². The van der Waals surface area contributed by atoms with Crippen molar-refractivity contribution < 1.29 is 4.79 Å². The first-order valence-electron chi connectivity index (χ1n) is 9.64. The van der Waals surface area contributed by atoms with E-state index in [1.165, 1.54) is 24.8 Å². The molecule has 3 heterocycles. The van der Waals surface area contributed by atoms with Crippen molar-refractivity contribution in [2.45, 2.75) is 38.6 Å². The second kappa shape index (κ2) is 7.16. The smallest absolute Gasteiger partial charge is 0.225 e. The van der Waals surface area contributed by atoms with Gasteiger partial charge in [-0.1, -0.05) is 12.1 Å². The van der Waals surface area contributed by atoms with Crippen LogP contribution in [-0.2, 0) is 18.4 Å². The Bertz CT molecular complexity index is 739. The van der Waals surface area contributed by atoms with Crippen molar-refractivity contribution in [3.63, 3.8) is 0 Å². The summed E-state index contributed by atoms with van der Waals surface area (Å²) in [6.45, 7) is 4.80. The molecule has 1 amide bonds. The van der Waals surface area contributed by atoms with Gasteiger partial charge in [0.05, 0.1) is 17.6 Å². The SMILES string of the molecule is Cn1c(CN2CCC(C(=O)N3CCCCC3)CC2)nc2ccccc21. The van der Waals surface area contributed by atoms with Crippen LogP contribution in [0.5, 0.6) is 0 Å². The number of hydrogen-bond acceptors (Lipinski definition) is 3. The van der Waals surface area contributed by atoms with Gasteiger partial charge in [0.25, 0.3) is 0 Å². The number of piperidine rings is 2. The molecule has 0 atom stereocenters. The number of aromatic nitrogens is 2. The number of hydrogen-bond donors (Lipinski definition) is 0. The number of carbonyl (C=O) groups is 1. The Balaban J connectivity index is 1.35. The summed E-state index contributed by atoms with van der Waals surface area (Å²) in [7, 11) is 2.09. The Morgan fingerprint density at radius 3 is 2.52 bits per heavy atom. The maximum absolute atomic E-state index is 12.7. The zero-order chi connectivity index (χ0) is 17.2. The van der Waals surface area contributed by atoms with E-state index in [1.54, 1.807) is 0 Å². The molecule has 5 nitrogen and oxygen atoms in total. The van der Waals surface area contributed by atoms with Gasteiger partial charge in [-0.05, 0) is 57.3 Å². The molecule has 0 N–H and O–H groups in total. The zero-order valence-corrected chi connectivity index (χ0v) is 15.2. The maximum atomic E-state index is 12.7. The van der Waals surface area contributed by atoms with Crippen LogP contribution in [-0.4, -0.2) is 51.4 Å². The molecule has 2 aromatic rings. The number of aryl methyl sites for hydroxylation is 1. The first-order valence-corrected chi connectivity index (χ1v) is 9.64. The molecule has 5 heteroatoms. The highest BCUT2D eigenvalue weighted by Crippen LogP contribution is 2.23. The van der Waals surface area contributed by atoms with Gasteiger partial charge in [0.1, 0.15) is 5.82 Å². The van der Waals surface area contributed by atoms with Gasteiger partial charge in [0.15, 0.2) is 0 Å². The summed E-state index contributed by atoms with van der Waals surface area (Å²) in [6, 6.07) is 8.29. The van der Waals surface area contributed by atoms with Crippen LogP contribution in [0.15, 0.2) is 24.3 Å². The standard InChI is InChI=1S/C20H28N4O/c1-22-18-8-4-3-7-17(18)21-19(22)15-23-13-9-16(10-14-23)20(25)24-11-5-2-6-12-24/h3-4,7-8,16H,2,5-6,9-15H2,1H3. The second-order valence-electron chi connectivity index (χ2n) is 7.51. The van der Waals surface area contributed by atoms with Crippen LogP contribution in [0.1, 0.15) is 37.9 Å². The molecule has 1 aromatic heterocycles. The highest BCUT2D eigenvalue weighted by Gasteiger charge is 2.29. The van der Waals surface area contributed by atoms with Gasteiger partial charge in [-0.25, -0.2) is 4.98 Å². The fourth-order valence-corrected chi connectivity index (χ4v) is 4.25. The summed E-state index contributed by atoms with van der Waals surface area (Å²) in [4.78, 5) is 22.0. The highest BCUT2D eigenvalue weighted by atomic mass is 16.2. The summed E-state index contributed by atoms with van der Waals surface area (Å²) < 4.78 is 2.19. The molecule has 0 aliphatic carbocycles. The fourth-order valence-electron chi connectivity index (χ4n) is 4.25. The monoisotopic (exact) mass is 340 g/mol. The molecule has 25 heavy (non-hydrogen) atoms. The van der Waals surface area contributed by atoms with Gasteiger partial charge >= 0.3 is 0 Å². The van der Waals surface area contributed by atoms with Gasteiger partial charge in [-0.15, -0.1) is 0 Å². The summed E-state index contributed by atoms with van der Waals surface area (Å²) in [5.74, 6) is 1.75. The topological polar surface area (TPSA) is 41.4 Å². The lowest BCUT2D eigenvalue weighted by molar-refractivity contribution is -0.138. The molecule has 2 saturated heterocycles. The first-order chi connectivity index (χ1) is 12.2. The Morgan fingerprint density at radius 2 is 1.80 bits per heavy atom. The van der Waals surface area contributed by atoms with E-state index >= 15 is 0 Å². The number of rotatable bonds is 3. The van der Waals surface area contributed by atoms with Crippen molar-refractivity contribution in [3.8, 4) is 0 Å². The molecule has 2 aliphatic rings. The first kappa shape index (κ1) is 16.6. The number of amides is 1. The zero-order valence-electron chi connectivity index (χ0n) is 15.2. The molecule has 0 unspecified atom stereocenters. The van der Waals surface area contributed by atoms with E-state index in [4.69, 9.17) is 4.98 Å². The van der Waals surface area contributed by atoms with E-state index in [0.717, 1.165) is 56.9 Å². The maximum Gasteiger partial charge on any atom is 0.225 e. The molecular formula is C20H28N4O. The Labute approximate surface area is 149 Å². The molecule has 2 fully saturated rings. The molecule has 0 saturated carbocycles. The summed E-state index contributed by atoms with van der Waals surface area (Å²) in [5, 5.41) is 0. The van der Waals surface area contributed by atoms with Gasteiger partial charge < -0.3 is 9.47 Å². The van der Waals surface area contributed by atoms with Crippen LogP contribution in [0, 0.1) is 5.92 Å². The Morgan fingerprint density at radius 1 is 1.08 bits per heavy atom. The van der Waals surface area contributed by atoms with E-state index < -0.39 is 0 Å². The third-order valence-corrected chi connectivity index (χ3v) is 5.85. The molecular weight excluding hydrogens is 312 g/mol. The lowest BCUT2D eigenvalue weighted by Gasteiger charge is -2.35. The normalized spacial score (nSPS) is 20.3. The molecule has 0 spiro atoms. The molecule has 0 bridgehead atoms. The van der Waals surface area contributed by atoms with Crippen LogP contribution in [0.2, 0.25) is 0 Å². The van der Waals surface area contributed by atoms with Gasteiger partial charge in [-0.3, -0.25) is 9.69 Å². The minimum Gasteiger partial charge on any atom is -0.342 e. The lowest BCUT2D eigenvalue weighted by atomic mass is 9.94. The third kappa shape index (κ3) is 3.43. The number of carbonyl (C=O) groups excluding carboxylic acids is 1. The molecule has 0 radical (unpaired) electrons. The number of likely N-dealkylation sites (tertiary alicyclic amines) is 2. The number of fused-ring (bicyclic) bond motifs is 1. The Hall–Kier alpha value is -1.88. The average Bonchev–Trinajstić information content (AvgIpc) is 2.98. The minimum atomic E-state index is 0.231. The van der Waals surface area contributed by atoms with Crippen LogP contribution in [0.4, 0.5) is 0 Å². The molecule has 4 rings (SSSR count). The average molecular weight is 340 g/mol. The van der Waals surface area contributed by atoms with Crippen LogP contribution in [0.25, 0.3) is 11.0 Å². The largest absolute Gasteiger partial charge is 0.342 e. The second-order valence-corrected chi connectivity index (χ2v) is 7.51. The summed E-state index contributed by atoms with van der Waals surface area (Å²) >= 11 is 0. The van der Waals surface area contributed by atoms with E-state index in [9.17, 15) is 4.79 Å². The predicted octanol–water partition coefficient (Wildman–Crippen LogP) is 2.80. The van der Waals surface area contributed by atoms with Crippen molar-refractivity contribution in [3.05, 3.63) is 30.1 Å². The van der Waals surface area contributed by atoms with Crippen molar-refractivity contribution in [1.82, 2.24) is 19.4 Å². The van der Waals surface area contributed by atoms with Crippen molar-refractivity contribution in [2.75, 3.05) is 26.2 Å². The van der Waals surface area contributed by atoms with Crippen LogP contribution >= 0.6 is 0 Å². The highest BCUT2D eigenvalue weighted by molar-refractivity contribution is 5.79. The van der Waals surface area contributed by atoms with Crippen molar-refractivity contribution in [2.24, 2.45) is 13.0 Å². The quantitative estimate of drug-likeness (QED) is 0.863. The van der Waals surface area contributed by atoms with E-state index in [1.807, 2.05) is 6.07 Å². The van der Waals surface area contributed by atoms with E-state index in [2.05, 4.69) is 39.6 Å². The van der Waals surface area contributed by atoms with Crippen LogP contribution in [0.3, 0.4) is 0 Å².